The summed E-state index contributed by atoms with van der Waals surface area (Å²) in [5, 5.41) is 11.6. The highest BCUT2D eigenvalue weighted by atomic mass is 16.5. The van der Waals surface area contributed by atoms with Crippen LogP contribution in [0, 0.1) is 0 Å². The molecule has 3 N–H and O–H groups in total. The molecule has 1 aromatic carbocycles. The predicted octanol–water partition coefficient (Wildman–Crippen LogP) is 3.27. The van der Waals surface area contributed by atoms with Crippen LogP contribution in [0.2, 0.25) is 0 Å². The van der Waals surface area contributed by atoms with Gasteiger partial charge in [-0.05, 0) is 36.8 Å². The summed E-state index contributed by atoms with van der Waals surface area (Å²) in [6, 6.07) is 13.3. The summed E-state index contributed by atoms with van der Waals surface area (Å²) in [4.78, 5) is 30.4. The highest BCUT2D eigenvalue weighted by Crippen LogP contribution is 2.28. The Morgan fingerprint density at radius 3 is 2.90 bits per heavy atom. The maximum Gasteiger partial charge on any atom is 0.303 e. The van der Waals surface area contributed by atoms with Gasteiger partial charge in [0.25, 0.3) is 5.91 Å². The monoisotopic (exact) mass is 391 g/mol. The van der Waals surface area contributed by atoms with E-state index in [1.54, 1.807) is 6.20 Å². The summed E-state index contributed by atoms with van der Waals surface area (Å²) in [5.41, 5.74) is 5.18. The Bertz CT molecular complexity index is 1060. The van der Waals surface area contributed by atoms with E-state index in [0.717, 1.165) is 34.6 Å². The van der Waals surface area contributed by atoms with E-state index in [1.807, 2.05) is 42.5 Å². The van der Waals surface area contributed by atoms with Crippen molar-refractivity contribution in [2.24, 2.45) is 0 Å². The van der Waals surface area contributed by atoms with Gasteiger partial charge in [-0.3, -0.25) is 14.6 Å². The predicted molar refractivity (Wildman–Crippen MR) is 108 cm³/mol. The highest BCUT2D eigenvalue weighted by Gasteiger charge is 2.20. The van der Waals surface area contributed by atoms with Crippen molar-refractivity contribution in [3.05, 3.63) is 59.9 Å². The summed E-state index contributed by atoms with van der Waals surface area (Å²) < 4.78 is 5.66. The lowest BCUT2D eigenvalue weighted by atomic mass is 10.1. The average molecular weight is 391 g/mol. The summed E-state index contributed by atoms with van der Waals surface area (Å²) >= 11 is 0. The number of benzene rings is 1. The quantitative estimate of drug-likeness (QED) is 0.536. The van der Waals surface area contributed by atoms with Crippen molar-refractivity contribution in [1.29, 1.82) is 0 Å². The zero-order chi connectivity index (χ0) is 20.2. The van der Waals surface area contributed by atoms with Crippen LogP contribution in [-0.4, -0.2) is 40.1 Å². The fourth-order valence-electron chi connectivity index (χ4n) is 3.36. The molecular weight excluding hydrogens is 370 g/mol. The van der Waals surface area contributed by atoms with Crippen LogP contribution in [-0.2, 0) is 11.2 Å². The number of amides is 1. The van der Waals surface area contributed by atoms with Crippen LogP contribution in [0.1, 0.15) is 28.9 Å². The van der Waals surface area contributed by atoms with Crippen molar-refractivity contribution in [3.63, 3.8) is 0 Å². The zero-order valence-electron chi connectivity index (χ0n) is 15.8. The van der Waals surface area contributed by atoms with E-state index in [4.69, 9.17) is 9.84 Å². The minimum atomic E-state index is -0.827. The molecular formula is C22H21N3O4. The molecule has 4 rings (SSSR count). The largest absolute Gasteiger partial charge is 0.494 e. The third kappa shape index (κ3) is 4.29. The highest BCUT2D eigenvalue weighted by molar-refractivity contribution is 5.97. The molecule has 29 heavy (non-hydrogen) atoms. The number of carbonyl (C=O) groups is 2. The van der Waals surface area contributed by atoms with Gasteiger partial charge in [-0.1, -0.05) is 12.1 Å². The van der Waals surface area contributed by atoms with Gasteiger partial charge in [0.15, 0.2) is 0 Å². The number of aliphatic carboxylic acids is 1. The number of ether oxygens (including phenoxy) is 1. The lowest BCUT2D eigenvalue weighted by Gasteiger charge is -2.11. The van der Waals surface area contributed by atoms with Gasteiger partial charge < -0.3 is 20.1 Å². The van der Waals surface area contributed by atoms with Gasteiger partial charge >= 0.3 is 5.97 Å². The number of nitrogens with one attached hydrogen (secondary N) is 2. The Hall–Kier alpha value is -3.61. The molecule has 3 aromatic rings. The van der Waals surface area contributed by atoms with Crippen LogP contribution in [0.4, 0.5) is 0 Å². The van der Waals surface area contributed by atoms with Gasteiger partial charge in [-0.15, -0.1) is 0 Å². The fourth-order valence-corrected chi connectivity index (χ4v) is 3.36. The Balaban J connectivity index is 1.54. The number of fused-ring (bicyclic) bond motifs is 1. The number of hydrogen-bond acceptors (Lipinski definition) is 4. The molecule has 0 radical (unpaired) electrons. The first-order valence-electron chi connectivity index (χ1n) is 9.52. The van der Waals surface area contributed by atoms with Crippen LogP contribution >= 0.6 is 0 Å². The molecule has 1 aliphatic rings. The molecule has 0 bridgehead atoms. The van der Waals surface area contributed by atoms with Crippen LogP contribution in [0.25, 0.3) is 22.5 Å². The van der Waals surface area contributed by atoms with Gasteiger partial charge in [0, 0.05) is 48.1 Å². The van der Waals surface area contributed by atoms with Gasteiger partial charge in [-0.2, -0.15) is 0 Å². The molecule has 0 fully saturated rings. The van der Waals surface area contributed by atoms with Crippen molar-refractivity contribution in [3.8, 4) is 28.3 Å². The van der Waals surface area contributed by atoms with Crippen LogP contribution < -0.4 is 10.1 Å². The summed E-state index contributed by atoms with van der Waals surface area (Å²) in [6.07, 6.45) is 3.07. The third-order valence-electron chi connectivity index (χ3n) is 4.81. The van der Waals surface area contributed by atoms with Crippen LogP contribution in [0.15, 0.2) is 48.7 Å². The van der Waals surface area contributed by atoms with Crippen LogP contribution in [0.5, 0.6) is 5.75 Å². The molecule has 0 saturated heterocycles. The minimum absolute atomic E-state index is 0.0456. The van der Waals surface area contributed by atoms with E-state index in [-0.39, 0.29) is 12.3 Å². The number of rotatable bonds is 7. The molecule has 7 heteroatoms. The molecule has 0 saturated carbocycles. The van der Waals surface area contributed by atoms with Crippen molar-refractivity contribution in [2.45, 2.75) is 19.3 Å². The number of aromatic nitrogens is 2. The molecule has 1 amide bonds. The number of aromatic amines is 1. The number of hydrogen-bond donors (Lipinski definition) is 3. The SMILES string of the molecule is O=C(O)CCCOc1cccc(-c2cc(-c3cc4c([nH]3)CCNC4=O)ccn2)c1. The van der Waals surface area contributed by atoms with Crippen LogP contribution in [0.3, 0.4) is 0 Å². The van der Waals surface area contributed by atoms with Crippen molar-refractivity contribution in [2.75, 3.05) is 13.2 Å². The lowest BCUT2D eigenvalue weighted by molar-refractivity contribution is -0.137. The number of carboxylic acid groups (broad SMARTS) is 1. The van der Waals surface area contributed by atoms with Gasteiger partial charge in [0.2, 0.25) is 0 Å². The second kappa shape index (κ2) is 8.18. The number of carboxylic acids is 1. The van der Waals surface area contributed by atoms with E-state index in [2.05, 4.69) is 15.3 Å². The second-order valence-corrected chi connectivity index (χ2v) is 6.88. The standard InChI is InChI=1S/C22H21N3O4/c26-21(27)5-2-10-29-16-4-1-3-14(11-16)19-12-15(6-8-23-19)20-13-17-18(25-20)7-9-24-22(17)28/h1,3-4,6,8,11-13,25H,2,5,7,9-10H2,(H,24,28)(H,26,27). The fraction of sp³-hybridized carbons (Fsp3) is 0.227. The number of H-pyrrole nitrogens is 1. The Labute approximate surface area is 167 Å². The molecule has 148 valence electrons. The maximum absolute atomic E-state index is 12.0. The van der Waals surface area contributed by atoms with Gasteiger partial charge in [0.1, 0.15) is 5.75 Å². The topological polar surface area (TPSA) is 104 Å². The first-order valence-corrected chi connectivity index (χ1v) is 9.52. The number of nitrogens with zero attached hydrogens (tertiary/aromatic N) is 1. The molecule has 3 heterocycles. The normalized spacial score (nSPS) is 12.9. The van der Waals surface area contributed by atoms with E-state index in [0.29, 0.717) is 30.9 Å². The Kier molecular flexibility index (Phi) is 5.29. The lowest BCUT2D eigenvalue weighted by Crippen LogP contribution is -2.31. The summed E-state index contributed by atoms with van der Waals surface area (Å²) in [6.45, 7) is 0.992. The Morgan fingerprint density at radius 2 is 2.07 bits per heavy atom. The molecule has 1 aliphatic heterocycles. The van der Waals surface area contributed by atoms with E-state index in [1.165, 1.54) is 0 Å². The second-order valence-electron chi connectivity index (χ2n) is 6.88. The number of carbonyl (C=O) groups excluding carboxylic acids is 1. The van der Waals surface area contributed by atoms with Gasteiger partial charge in [0.05, 0.1) is 17.9 Å². The van der Waals surface area contributed by atoms with Crippen molar-refractivity contribution in [1.82, 2.24) is 15.3 Å². The van der Waals surface area contributed by atoms with Crippen molar-refractivity contribution >= 4 is 11.9 Å². The smallest absolute Gasteiger partial charge is 0.303 e. The van der Waals surface area contributed by atoms with E-state index < -0.39 is 5.97 Å². The zero-order valence-corrected chi connectivity index (χ0v) is 15.8. The molecule has 0 unspecified atom stereocenters. The van der Waals surface area contributed by atoms with E-state index >= 15 is 0 Å². The molecule has 2 aromatic heterocycles. The molecule has 0 atom stereocenters. The number of pyridine rings is 1. The minimum Gasteiger partial charge on any atom is -0.494 e. The molecule has 0 spiro atoms. The van der Waals surface area contributed by atoms with Crippen molar-refractivity contribution < 1.29 is 19.4 Å². The van der Waals surface area contributed by atoms with E-state index in [9.17, 15) is 9.59 Å². The average Bonchev–Trinajstić information content (AvgIpc) is 3.17. The molecule has 0 aliphatic carbocycles. The van der Waals surface area contributed by atoms with Gasteiger partial charge in [-0.25, -0.2) is 0 Å². The first-order chi connectivity index (χ1) is 14.1. The maximum atomic E-state index is 12.0. The third-order valence-corrected chi connectivity index (χ3v) is 4.81. The summed E-state index contributed by atoms with van der Waals surface area (Å²) in [7, 11) is 0. The first kappa shape index (κ1) is 18.7. The summed E-state index contributed by atoms with van der Waals surface area (Å²) in [5.74, 6) is -0.199. The molecule has 7 nitrogen and oxygen atoms in total. The Morgan fingerprint density at radius 1 is 1.17 bits per heavy atom.